The van der Waals surface area contributed by atoms with Gasteiger partial charge in [-0.2, -0.15) is 0 Å². The van der Waals surface area contributed by atoms with Gasteiger partial charge in [-0.1, -0.05) is 122 Å². The van der Waals surface area contributed by atoms with Gasteiger partial charge in [-0.15, -0.1) is 0 Å². The van der Waals surface area contributed by atoms with E-state index in [0.717, 1.165) is 30.8 Å². The predicted molar refractivity (Wildman–Crippen MR) is 168 cm³/mol. The number of carbonyl (C=O) groups is 1. The van der Waals surface area contributed by atoms with E-state index in [-0.39, 0.29) is 12.1 Å². The van der Waals surface area contributed by atoms with Crippen molar-refractivity contribution in [3.8, 4) is 11.5 Å². The molecule has 1 atom stereocenters. The first-order valence-corrected chi connectivity index (χ1v) is 16.3. The van der Waals surface area contributed by atoms with E-state index < -0.39 is 0 Å². The molecule has 0 saturated heterocycles. The molecule has 0 aliphatic rings. The van der Waals surface area contributed by atoms with Gasteiger partial charge in [-0.25, -0.2) is 4.79 Å². The van der Waals surface area contributed by atoms with E-state index in [1.54, 1.807) is 12.1 Å². The maximum Gasteiger partial charge on any atom is 0.343 e. The van der Waals surface area contributed by atoms with Crippen LogP contribution in [0, 0.1) is 0 Å². The van der Waals surface area contributed by atoms with Crippen molar-refractivity contribution in [1.82, 2.24) is 0 Å². The second kappa shape index (κ2) is 22.4. The fraction of sp³-hybridized carbons (Fsp3) is 0.639. The predicted octanol–water partition coefficient (Wildman–Crippen LogP) is 11.0. The minimum Gasteiger partial charge on any atom is -0.494 e. The summed E-state index contributed by atoms with van der Waals surface area (Å²) in [6.07, 6.45) is 22.9. The Morgan fingerprint density at radius 3 is 1.55 bits per heavy atom. The van der Waals surface area contributed by atoms with Crippen molar-refractivity contribution in [3.63, 3.8) is 0 Å². The molecule has 0 bridgehead atoms. The van der Waals surface area contributed by atoms with Crippen LogP contribution in [0.4, 0.5) is 0 Å². The van der Waals surface area contributed by atoms with E-state index in [9.17, 15) is 4.79 Å². The van der Waals surface area contributed by atoms with Crippen LogP contribution in [-0.4, -0.2) is 19.2 Å². The van der Waals surface area contributed by atoms with Crippen molar-refractivity contribution in [2.75, 3.05) is 13.2 Å². The Morgan fingerprint density at radius 2 is 1.05 bits per heavy atom. The summed E-state index contributed by atoms with van der Waals surface area (Å²) in [7, 11) is 0. The first-order valence-electron chi connectivity index (χ1n) is 16.3. The molecule has 4 nitrogen and oxygen atoms in total. The van der Waals surface area contributed by atoms with Gasteiger partial charge < -0.3 is 14.2 Å². The summed E-state index contributed by atoms with van der Waals surface area (Å²) in [6, 6.07) is 14.7. The van der Waals surface area contributed by atoms with E-state index >= 15 is 0 Å². The first kappa shape index (κ1) is 33.9. The molecule has 40 heavy (non-hydrogen) atoms. The third kappa shape index (κ3) is 15.5. The van der Waals surface area contributed by atoms with Crippen LogP contribution in [-0.2, 0) is 4.74 Å². The van der Waals surface area contributed by atoms with E-state index in [2.05, 4.69) is 20.8 Å². The first-order chi connectivity index (χ1) is 19.6. The lowest BCUT2D eigenvalue weighted by molar-refractivity contribution is 0.0626. The van der Waals surface area contributed by atoms with Gasteiger partial charge >= 0.3 is 5.97 Å². The Morgan fingerprint density at radius 1 is 0.575 bits per heavy atom. The molecule has 0 amide bonds. The number of hydrogen-bond acceptors (Lipinski definition) is 4. The largest absolute Gasteiger partial charge is 0.494 e. The van der Waals surface area contributed by atoms with Crippen molar-refractivity contribution in [1.29, 1.82) is 0 Å². The summed E-state index contributed by atoms with van der Waals surface area (Å²) in [5, 5.41) is 0. The molecule has 0 N–H and O–H groups in total. The van der Waals surface area contributed by atoms with Gasteiger partial charge in [0, 0.05) is 6.61 Å². The third-order valence-electron chi connectivity index (χ3n) is 7.49. The van der Waals surface area contributed by atoms with Gasteiger partial charge in [0.25, 0.3) is 0 Å². The molecular formula is C36H56O4. The van der Waals surface area contributed by atoms with E-state index in [1.165, 1.54) is 96.3 Å². The summed E-state index contributed by atoms with van der Waals surface area (Å²) >= 11 is 0. The molecule has 0 saturated carbocycles. The molecule has 0 aromatic heterocycles. The number of hydrogen-bond donors (Lipinski definition) is 0. The van der Waals surface area contributed by atoms with E-state index in [4.69, 9.17) is 14.2 Å². The average Bonchev–Trinajstić information content (AvgIpc) is 2.98. The number of ether oxygens (including phenoxy) is 3. The zero-order valence-electron chi connectivity index (χ0n) is 25.8. The zero-order chi connectivity index (χ0) is 28.7. The monoisotopic (exact) mass is 552 g/mol. The maximum absolute atomic E-state index is 12.5. The quantitative estimate of drug-likeness (QED) is 0.0738. The standard InChI is InChI=1S/C36H56O4/c1-4-6-7-8-9-10-11-12-13-14-15-16-17-18-19-20-30-38-31(3)32-21-23-33(24-22-32)36(37)40-35-27-25-34(26-28-35)39-29-5-2/h21-28,31H,4-20,29-30H2,1-3H3. The molecule has 0 aliphatic heterocycles. The summed E-state index contributed by atoms with van der Waals surface area (Å²) in [5.74, 6) is 0.920. The minimum absolute atomic E-state index is 0.0112. The van der Waals surface area contributed by atoms with Crippen molar-refractivity contribution in [3.05, 3.63) is 59.7 Å². The van der Waals surface area contributed by atoms with Gasteiger partial charge in [0.15, 0.2) is 0 Å². The number of benzene rings is 2. The summed E-state index contributed by atoms with van der Waals surface area (Å²) in [6.45, 7) is 7.88. The van der Waals surface area contributed by atoms with Crippen LogP contribution in [0.5, 0.6) is 11.5 Å². The van der Waals surface area contributed by atoms with Crippen LogP contribution in [0.3, 0.4) is 0 Å². The van der Waals surface area contributed by atoms with Crippen LogP contribution in [0.25, 0.3) is 0 Å². The van der Waals surface area contributed by atoms with Crippen LogP contribution < -0.4 is 9.47 Å². The molecule has 0 spiro atoms. The third-order valence-corrected chi connectivity index (χ3v) is 7.49. The molecule has 0 heterocycles. The fourth-order valence-corrected chi connectivity index (χ4v) is 4.89. The Kier molecular flexibility index (Phi) is 18.9. The van der Waals surface area contributed by atoms with Gasteiger partial charge in [0.05, 0.1) is 18.3 Å². The van der Waals surface area contributed by atoms with Gasteiger partial charge in [-0.05, 0) is 61.7 Å². The number of unbranched alkanes of at least 4 members (excludes halogenated alkanes) is 15. The molecular weight excluding hydrogens is 496 g/mol. The summed E-state index contributed by atoms with van der Waals surface area (Å²) in [4.78, 5) is 12.5. The lowest BCUT2D eigenvalue weighted by Gasteiger charge is -2.14. The molecule has 1 unspecified atom stereocenters. The van der Waals surface area contributed by atoms with Crippen molar-refractivity contribution in [2.24, 2.45) is 0 Å². The highest BCUT2D eigenvalue weighted by Crippen LogP contribution is 2.21. The second-order valence-corrected chi connectivity index (χ2v) is 11.1. The van der Waals surface area contributed by atoms with Crippen LogP contribution in [0.2, 0.25) is 0 Å². The molecule has 0 fully saturated rings. The topological polar surface area (TPSA) is 44.8 Å². The number of esters is 1. The molecule has 2 aromatic rings. The van der Waals surface area contributed by atoms with Crippen molar-refractivity contribution >= 4 is 5.97 Å². The number of rotatable bonds is 24. The molecule has 4 heteroatoms. The smallest absolute Gasteiger partial charge is 0.343 e. The maximum atomic E-state index is 12.5. The molecule has 2 aromatic carbocycles. The average molecular weight is 553 g/mol. The highest BCUT2D eigenvalue weighted by atomic mass is 16.5. The minimum atomic E-state index is -0.365. The second-order valence-electron chi connectivity index (χ2n) is 11.1. The van der Waals surface area contributed by atoms with Crippen molar-refractivity contribution < 1.29 is 19.0 Å². The normalized spacial score (nSPS) is 11.9. The molecule has 0 radical (unpaired) electrons. The Hall–Kier alpha value is -2.33. The van der Waals surface area contributed by atoms with Gasteiger partial charge in [0.1, 0.15) is 11.5 Å². The molecule has 0 aliphatic carbocycles. The Labute approximate surface area is 245 Å². The van der Waals surface area contributed by atoms with Crippen LogP contribution >= 0.6 is 0 Å². The summed E-state index contributed by atoms with van der Waals surface area (Å²) in [5.41, 5.74) is 1.60. The van der Waals surface area contributed by atoms with Gasteiger partial charge in [0.2, 0.25) is 0 Å². The Bertz CT molecular complexity index is 875. The van der Waals surface area contributed by atoms with E-state index in [0.29, 0.717) is 17.9 Å². The number of carbonyl (C=O) groups excluding carboxylic acids is 1. The summed E-state index contributed by atoms with van der Waals surface area (Å²) < 4.78 is 17.1. The SMILES string of the molecule is CCCCCCCCCCCCCCCCCCOC(C)c1ccc(C(=O)Oc2ccc(OCCC)cc2)cc1. The molecule has 224 valence electrons. The molecule has 2 rings (SSSR count). The highest BCUT2D eigenvalue weighted by Gasteiger charge is 2.11. The lowest BCUT2D eigenvalue weighted by Crippen LogP contribution is -2.09. The zero-order valence-corrected chi connectivity index (χ0v) is 25.8. The van der Waals surface area contributed by atoms with Crippen LogP contribution in [0.15, 0.2) is 48.5 Å². The van der Waals surface area contributed by atoms with Crippen molar-refractivity contribution in [2.45, 2.75) is 136 Å². The highest BCUT2D eigenvalue weighted by molar-refractivity contribution is 5.91. The fourth-order valence-electron chi connectivity index (χ4n) is 4.89. The van der Waals surface area contributed by atoms with Gasteiger partial charge in [-0.3, -0.25) is 0 Å². The van der Waals surface area contributed by atoms with E-state index in [1.807, 2.05) is 36.4 Å². The Balaban J connectivity index is 1.47. The van der Waals surface area contributed by atoms with Crippen LogP contribution in [0.1, 0.15) is 152 Å². The lowest BCUT2D eigenvalue weighted by atomic mass is 10.0.